The van der Waals surface area contributed by atoms with Crippen LogP contribution in [0.4, 0.5) is 4.39 Å². The van der Waals surface area contributed by atoms with Crippen molar-refractivity contribution >= 4 is 5.65 Å². The van der Waals surface area contributed by atoms with Crippen molar-refractivity contribution in [3.05, 3.63) is 36.0 Å². The predicted molar refractivity (Wildman–Crippen MR) is 64.5 cm³/mol. The lowest BCUT2D eigenvalue weighted by Gasteiger charge is -2.22. The molecule has 1 N–H and O–H groups in total. The van der Waals surface area contributed by atoms with Crippen LogP contribution in [0.3, 0.4) is 0 Å². The van der Waals surface area contributed by atoms with Crippen molar-refractivity contribution < 1.29 is 4.39 Å². The van der Waals surface area contributed by atoms with E-state index in [-0.39, 0.29) is 5.82 Å². The van der Waals surface area contributed by atoms with Crippen molar-refractivity contribution in [3.63, 3.8) is 0 Å². The van der Waals surface area contributed by atoms with Crippen LogP contribution in [0, 0.1) is 5.82 Å². The smallest absolute Gasteiger partial charge is 0.173 e. The maximum Gasteiger partial charge on any atom is 0.173 e. The maximum absolute atomic E-state index is 13.5. The summed E-state index contributed by atoms with van der Waals surface area (Å²) < 4.78 is 15.2. The van der Waals surface area contributed by atoms with E-state index in [2.05, 4.69) is 10.3 Å². The zero-order chi connectivity index (χ0) is 11.7. The van der Waals surface area contributed by atoms with Crippen molar-refractivity contribution in [3.8, 4) is 0 Å². The van der Waals surface area contributed by atoms with E-state index in [9.17, 15) is 4.39 Å². The summed E-state index contributed by atoms with van der Waals surface area (Å²) in [6, 6.07) is 3.65. The molecule has 1 atom stereocenters. The lowest BCUT2D eigenvalue weighted by molar-refractivity contribution is 0.397. The Labute approximate surface area is 99.7 Å². The summed E-state index contributed by atoms with van der Waals surface area (Å²) in [5.41, 5.74) is 1.40. The Hall–Kier alpha value is -1.42. The van der Waals surface area contributed by atoms with Crippen LogP contribution >= 0.6 is 0 Å². The molecule has 3 rings (SSSR count). The first kappa shape index (κ1) is 10.7. The van der Waals surface area contributed by atoms with E-state index in [1.165, 1.54) is 25.3 Å². The van der Waals surface area contributed by atoms with Crippen molar-refractivity contribution in [2.75, 3.05) is 6.54 Å². The Balaban J connectivity index is 1.83. The molecular weight excluding hydrogens is 217 g/mol. The molecule has 1 saturated heterocycles. The van der Waals surface area contributed by atoms with E-state index >= 15 is 0 Å². The second-order valence-electron chi connectivity index (χ2n) is 4.67. The van der Waals surface area contributed by atoms with Gasteiger partial charge in [0.1, 0.15) is 0 Å². The molecule has 3 nitrogen and oxygen atoms in total. The standard InChI is InChI=1S/C13H16FN3/c14-12-5-3-7-17-9-11(16-13(12)17)8-10-4-1-2-6-15-10/h3,5,7,9-10,15H,1-2,4,6,8H2. The maximum atomic E-state index is 13.5. The molecule has 0 aliphatic carbocycles. The Morgan fingerprint density at radius 3 is 3.18 bits per heavy atom. The van der Waals surface area contributed by atoms with Gasteiger partial charge in [0, 0.05) is 24.9 Å². The molecule has 2 aromatic heterocycles. The third kappa shape index (κ3) is 2.17. The molecule has 0 spiro atoms. The minimum atomic E-state index is -0.254. The van der Waals surface area contributed by atoms with Crippen molar-refractivity contribution in [1.29, 1.82) is 0 Å². The first-order chi connectivity index (χ1) is 8.33. The number of nitrogens with zero attached hydrogens (tertiary/aromatic N) is 2. The van der Waals surface area contributed by atoms with E-state index in [0.717, 1.165) is 18.7 Å². The summed E-state index contributed by atoms with van der Waals surface area (Å²) in [5.74, 6) is -0.254. The second-order valence-corrected chi connectivity index (χ2v) is 4.67. The Morgan fingerprint density at radius 2 is 2.41 bits per heavy atom. The minimum Gasteiger partial charge on any atom is -0.314 e. The Kier molecular flexibility index (Phi) is 2.81. The molecule has 3 heterocycles. The number of aromatic nitrogens is 2. The van der Waals surface area contributed by atoms with Gasteiger partial charge in [-0.15, -0.1) is 0 Å². The van der Waals surface area contributed by atoms with E-state index in [1.807, 2.05) is 12.4 Å². The fourth-order valence-electron chi connectivity index (χ4n) is 2.48. The highest BCUT2D eigenvalue weighted by molar-refractivity contribution is 5.41. The topological polar surface area (TPSA) is 29.3 Å². The molecule has 1 aliphatic heterocycles. The lowest BCUT2D eigenvalue weighted by Crippen LogP contribution is -2.35. The molecule has 17 heavy (non-hydrogen) atoms. The lowest BCUT2D eigenvalue weighted by atomic mass is 10.0. The van der Waals surface area contributed by atoms with Gasteiger partial charge in [-0.2, -0.15) is 0 Å². The first-order valence-corrected chi connectivity index (χ1v) is 6.18. The van der Waals surface area contributed by atoms with Crippen molar-refractivity contribution in [2.45, 2.75) is 31.7 Å². The molecule has 90 valence electrons. The molecular formula is C13H16FN3. The van der Waals surface area contributed by atoms with Crippen molar-refractivity contribution in [1.82, 2.24) is 14.7 Å². The highest BCUT2D eigenvalue weighted by Crippen LogP contribution is 2.14. The monoisotopic (exact) mass is 233 g/mol. The van der Waals surface area contributed by atoms with Crippen LogP contribution in [0.15, 0.2) is 24.5 Å². The second kappa shape index (κ2) is 4.45. The number of hydrogen-bond donors (Lipinski definition) is 1. The van der Waals surface area contributed by atoms with Gasteiger partial charge in [0.15, 0.2) is 11.5 Å². The van der Waals surface area contributed by atoms with Crippen LogP contribution < -0.4 is 5.32 Å². The van der Waals surface area contributed by atoms with Gasteiger partial charge in [0.05, 0.1) is 5.69 Å². The van der Waals surface area contributed by atoms with Gasteiger partial charge >= 0.3 is 0 Å². The number of pyridine rings is 1. The van der Waals surface area contributed by atoms with Crippen LogP contribution in [0.1, 0.15) is 25.0 Å². The molecule has 0 radical (unpaired) electrons. The number of halogens is 1. The number of rotatable bonds is 2. The molecule has 1 aliphatic rings. The minimum absolute atomic E-state index is 0.254. The summed E-state index contributed by atoms with van der Waals surface area (Å²) >= 11 is 0. The first-order valence-electron chi connectivity index (χ1n) is 6.18. The predicted octanol–water partition coefficient (Wildman–Crippen LogP) is 2.16. The molecule has 0 amide bonds. The summed E-state index contributed by atoms with van der Waals surface area (Å²) in [7, 11) is 0. The molecule has 2 aromatic rings. The van der Waals surface area contributed by atoms with Gasteiger partial charge in [-0.05, 0) is 31.5 Å². The molecule has 4 heteroatoms. The summed E-state index contributed by atoms with van der Waals surface area (Å²) in [4.78, 5) is 4.35. The zero-order valence-electron chi connectivity index (χ0n) is 9.69. The summed E-state index contributed by atoms with van der Waals surface area (Å²) in [6.45, 7) is 1.09. The van der Waals surface area contributed by atoms with Crippen LogP contribution in [0.5, 0.6) is 0 Å². The number of imidazole rings is 1. The van der Waals surface area contributed by atoms with Crippen LogP contribution in [-0.4, -0.2) is 22.0 Å². The third-order valence-electron chi connectivity index (χ3n) is 3.35. The van der Waals surface area contributed by atoms with E-state index in [0.29, 0.717) is 11.7 Å². The van der Waals surface area contributed by atoms with Gasteiger partial charge in [-0.1, -0.05) is 6.42 Å². The number of piperidine rings is 1. The van der Waals surface area contributed by atoms with Crippen molar-refractivity contribution in [2.24, 2.45) is 0 Å². The molecule has 1 unspecified atom stereocenters. The quantitative estimate of drug-likeness (QED) is 0.861. The SMILES string of the molecule is Fc1cccn2cc(CC3CCCCN3)nc12. The molecule has 0 aromatic carbocycles. The van der Waals surface area contributed by atoms with Gasteiger partial charge in [-0.3, -0.25) is 0 Å². The number of hydrogen-bond acceptors (Lipinski definition) is 2. The molecule has 0 saturated carbocycles. The van der Waals surface area contributed by atoms with Gasteiger partial charge < -0.3 is 9.72 Å². The van der Waals surface area contributed by atoms with E-state index in [4.69, 9.17) is 0 Å². The molecule has 1 fully saturated rings. The van der Waals surface area contributed by atoms with Gasteiger partial charge in [0.25, 0.3) is 0 Å². The van der Waals surface area contributed by atoms with Crippen LogP contribution in [0.25, 0.3) is 5.65 Å². The normalized spacial score (nSPS) is 20.9. The fourth-order valence-corrected chi connectivity index (χ4v) is 2.48. The highest BCUT2D eigenvalue weighted by atomic mass is 19.1. The van der Waals surface area contributed by atoms with Crippen LogP contribution in [-0.2, 0) is 6.42 Å². The zero-order valence-corrected chi connectivity index (χ0v) is 9.69. The fraction of sp³-hybridized carbons (Fsp3) is 0.462. The Bertz CT molecular complexity index is 514. The summed E-state index contributed by atoms with van der Waals surface area (Å²) in [5, 5.41) is 3.48. The average molecular weight is 233 g/mol. The third-order valence-corrected chi connectivity index (χ3v) is 3.35. The summed E-state index contributed by atoms with van der Waals surface area (Å²) in [6.07, 6.45) is 8.38. The Morgan fingerprint density at radius 1 is 1.47 bits per heavy atom. The molecule has 0 bridgehead atoms. The number of fused-ring (bicyclic) bond motifs is 1. The number of nitrogens with one attached hydrogen (secondary N) is 1. The highest BCUT2D eigenvalue weighted by Gasteiger charge is 2.15. The average Bonchev–Trinajstić information content (AvgIpc) is 2.74. The van der Waals surface area contributed by atoms with Gasteiger partial charge in [-0.25, -0.2) is 9.37 Å². The largest absolute Gasteiger partial charge is 0.314 e. The van der Waals surface area contributed by atoms with Gasteiger partial charge in [0.2, 0.25) is 0 Å². The van der Waals surface area contributed by atoms with E-state index < -0.39 is 0 Å². The van der Waals surface area contributed by atoms with E-state index in [1.54, 1.807) is 10.5 Å². The van der Waals surface area contributed by atoms with Crippen LogP contribution in [0.2, 0.25) is 0 Å².